The fourth-order valence-electron chi connectivity index (χ4n) is 3.46. The molecule has 0 atom stereocenters. The molecule has 0 fully saturated rings. The van der Waals surface area contributed by atoms with Gasteiger partial charge in [0.05, 0.1) is 17.6 Å². The number of aromatic nitrogens is 3. The van der Waals surface area contributed by atoms with Crippen molar-refractivity contribution in [2.24, 2.45) is 0 Å². The Hall–Kier alpha value is -2.95. The lowest BCUT2D eigenvalue weighted by Gasteiger charge is -2.21. The molecule has 138 valence electrons. The topological polar surface area (TPSA) is 51.1 Å². The van der Waals surface area contributed by atoms with E-state index in [2.05, 4.69) is 27.0 Å². The Labute approximate surface area is 160 Å². The zero-order chi connectivity index (χ0) is 18.6. The van der Waals surface area contributed by atoms with Gasteiger partial charge in [0.1, 0.15) is 6.61 Å². The summed E-state index contributed by atoms with van der Waals surface area (Å²) in [6.45, 7) is 0.419. The van der Waals surface area contributed by atoms with Gasteiger partial charge in [-0.1, -0.05) is 6.07 Å². The molecule has 0 aromatic carbocycles. The first-order valence-electron chi connectivity index (χ1n) is 9.39. The molecule has 0 amide bonds. The Bertz CT molecular complexity index is 925. The van der Waals surface area contributed by atoms with E-state index in [1.54, 1.807) is 6.20 Å². The van der Waals surface area contributed by atoms with Gasteiger partial charge in [-0.25, -0.2) is 4.98 Å². The van der Waals surface area contributed by atoms with Crippen LogP contribution < -0.4 is 9.64 Å². The molecule has 3 aromatic rings. The van der Waals surface area contributed by atoms with Crippen molar-refractivity contribution in [3.05, 3.63) is 65.9 Å². The predicted octanol–water partition coefficient (Wildman–Crippen LogP) is 4.06. The minimum absolute atomic E-state index is 0.419. The molecule has 0 radical (unpaired) electrons. The van der Waals surface area contributed by atoms with Crippen LogP contribution in [0.15, 0.2) is 48.9 Å². The molecule has 0 spiro atoms. The van der Waals surface area contributed by atoms with Gasteiger partial charge in [-0.3, -0.25) is 9.97 Å². The van der Waals surface area contributed by atoms with E-state index in [1.165, 1.54) is 24.0 Å². The van der Waals surface area contributed by atoms with E-state index in [0.29, 0.717) is 12.5 Å². The second-order valence-corrected chi connectivity index (χ2v) is 7.08. The van der Waals surface area contributed by atoms with Crippen LogP contribution in [-0.4, -0.2) is 29.0 Å². The Kier molecular flexibility index (Phi) is 5.01. The van der Waals surface area contributed by atoms with Crippen LogP contribution in [0, 0.1) is 0 Å². The van der Waals surface area contributed by atoms with Crippen molar-refractivity contribution >= 4 is 5.69 Å². The maximum Gasteiger partial charge on any atom is 0.214 e. The van der Waals surface area contributed by atoms with Gasteiger partial charge < -0.3 is 9.64 Å². The van der Waals surface area contributed by atoms with E-state index in [-0.39, 0.29) is 0 Å². The highest BCUT2D eigenvalue weighted by Gasteiger charge is 2.19. The fraction of sp³-hybridized carbons (Fsp3) is 0.318. The summed E-state index contributed by atoms with van der Waals surface area (Å²) >= 11 is 0. The zero-order valence-corrected chi connectivity index (χ0v) is 15.9. The first-order chi connectivity index (χ1) is 13.2. The average Bonchev–Trinajstić information content (AvgIpc) is 2.72. The van der Waals surface area contributed by atoms with Crippen LogP contribution >= 0.6 is 0 Å². The van der Waals surface area contributed by atoms with Crippen LogP contribution in [0.4, 0.5) is 5.69 Å². The molecule has 0 aliphatic heterocycles. The van der Waals surface area contributed by atoms with E-state index in [9.17, 15) is 0 Å². The van der Waals surface area contributed by atoms with Gasteiger partial charge in [-0.2, -0.15) is 0 Å². The number of nitrogens with zero attached hydrogens (tertiary/aromatic N) is 4. The molecular weight excluding hydrogens is 336 g/mol. The molecule has 0 unspecified atom stereocenters. The fourth-order valence-corrected chi connectivity index (χ4v) is 3.46. The molecule has 0 bridgehead atoms. The summed E-state index contributed by atoms with van der Waals surface area (Å²) < 4.78 is 5.99. The van der Waals surface area contributed by atoms with E-state index in [1.807, 2.05) is 44.7 Å². The van der Waals surface area contributed by atoms with Crippen LogP contribution in [0.2, 0.25) is 0 Å². The molecule has 1 aliphatic carbocycles. The minimum atomic E-state index is 0.419. The third-order valence-corrected chi connectivity index (χ3v) is 4.92. The SMILES string of the molecule is CN(C)c1cncc(-c2cc(OCc3ccccn3)nc3c2CCCC3)c1. The van der Waals surface area contributed by atoms with Gasteiger partial charge in [0.2, 0.25) is 5.88 Å². The van der Waals surface area contributed by atoms with Gasteiger partial charge in [-0.05, 0) is 55.0 Å². The molecule has 3 aromatic heterocycles. The zero-order valence-electron chi connectivity index (χ0n) is 15.9. The Morgan fingerprint density at radius 1 is 1.07 bits per heavy atom. The summed E-state index contributed by atoms with van der Waals surface area (Å²) in [5.41, 5.74) is 6.78. The third-order valence-electron chi connectivity index (χ3n) is 4.92. The van der Waals surface area contributed by atoms with Crippen molar-refractivity contribution in [2.75, 3.05) is 19.0 Å². The Morgan fingerprint density at radius 2 is 1.96 bits per heavy atom. The summed E-state index contributed by atoms with van der Waals surface area (Å²) in [4.78, 5) is 15.6. The van der Waals surface area contributed by atoms with Crippen molar-refractivity contribution in [2.45, 2.75) is 32.3 Å². The van der Waals surface area contributed by atoms with Crippen LogP contribution in [-0.2, 0) is 19.4 Å². The molecule has 5 nitrogen and oxygen atoms in total. The molecule has 5 heteroatoms. The van der Waals surface area contributed by atoms with Crippen LogP contribution in [0.3, 0.4) is 0 Å². The van der Waals surface area contributed by atoms with Crippen molar-refractivity contribution in [3.63, 3.8) is 0 Å². The first-order valence-corrected chi connectivity index (χ1v) is 9.39. The highest BCUT2D eigenvalue weighted by molar-refractivity contribution is 5.72. The van der Waals surface area contributed by atoms with Crippen molar-refractivity contribution in [3.8, 4) is 17.0 Å². The molecule has 1 aliphatic rings. The van der Waals surface area contributed by atoms with E-state index < -0.39 is 0 Å². The second-order valence-electron chi connectivity index (χ2n) is 7.08. The summed E-state index contributed by atoms with van der Waals surface area (Å²) in [7, 11) is 4.06. The molecule has 0 saturated heterocycles. The first kappa shape index (κ1) is 17.5. The van der Waals surface area contributed by atoms with Gasteiger partial charge in [-0.15, -0.1) is 0 Å². The lowest BCUT2D eigenvalue weighted by atomic mass is 9.89. The van der Waals surface area contributed by atoms with Gasteiger partial charge in [0.15, 0.2) is 0 Å². The standard InChI is InChI=1S/C22H24N4O/c1-26(2)18-11-16(13-23-14-18)20-12-22(25-21-9-4-3-8-19(20)21)27-15-17-7-5-6-10-24-17/h5-7,10-14H,3-4,8-9,15H2,1-2H3. The van der Waals surface area contributed by atoms with Crippen molar-refractivity contribution < 1.29 is 4.74 Å². The molecule has 27 heavy (non-hydrogen) atoms. The summed E-state index contributed by atoms with van der Waals surface area (Å²) in [6, 6.07) is 10.1. The second kappa shape index (κ2) is 7.74. The highest BCUT2D eigenvalue weighted by atomic mass is 16.5. The maximum atomic E-state index is 5.99. The van der Waals surface area contributed by atoms with Crippen LogP contribution in [0.25, 0.3) is 11.1 Å². The normalized spacial score (nSPS) is 13.1. The van der Waals surface area contributed by atoms with E-state index in [4.69, 9.17) is 9.72 Å². The highest BCUT2D eigenvalue weighted by Crippen LogP contribution is 2.34. The quantitative estimate of drug-likeness (QED) is 0.687. The number of hydrogen-bond acceptors (Lipinski definition) is 5. The predicted molar refractivity (Wildman–Crippen MR) is 107 cm³/mol. The number of rotatable bonds is 5. The summed E-state index contributed by atoms with van der Waals surface area (Å²) in [6.07, 6.45) is 10.0. The molecule has 0 saturated carbocycles. The lowest BCUT2D eigenvalue weighted by molar-refractivity contribution is 0.288. The smallest absolute Gasteiger partial charge is 0.214 e. The number of anilines is 1. The van der Waals surface area contributed by atoms with E-state index >= 15 is 0 Å². The lowest BCUT2D eigenvalue weighted by Crippen LogP contribution is -2.11. The molecular formula is C22H24N4O. The maximum absolute atomic E-state index is 5.99. The Balaban J connectivity index is 1.70. The van der Waals surface area contributed by atoms with Crippen molar-refractivity contribution in [1.82, 2.24) is 15.0 Å². The molecule has 0 N–H and O–H groups in total. The molecule has 4 rings (SSSR count). The minimum Gasteiger partial charge on any atom is -0.471 e. The largest absolute Gasteiger partial charge is 0.471 e. The third kappa shape index (κ3) is 3.92. The number of aryl methyl sites for hydroxylation is 1. The summed E-state index contributed by atoms with van der Waals surface area (Å²) in [5, 5.41) is 0. The summed E-state index contributed by atoms with van der Waals surface area (Å²) in [5.74, 6) is 0.659. The van der Waals surface area contributed by atoms with Gasteiger partial charge >= 0.3 is 0 Å². The average molecular weight is 360 g/mol. The number of fused-ring (bicyclic) bond motifs is 1. The van der Waals surface area contributed by atoms with Gasteiger partial charge in [0.25, 0.3) is 0 Å². The number of ether oxygens (including phenoxy) is 1. The molecule has 3 heterocycles. The van der Waals surface area contributed by atoms with Gasteiger partial charge in [0, 0.05) is 43.8 Å². The monoisotopic (exact) mass is 360 g/mol. The van der Waals surface area contributed by atoms with E-state index in [0.717, 1.165) is 35.5 Å². The van der Waals surface area contributed by atoms with Crippen molar-refractivity contribution in [1.29, 1.82) is 0 Å². The van der Waals surface area contributed by atoms with Crippen LogP contribution in [0.5, 0.6) is 5.88 Å². The number of hydrogen-bond donors (Lipinski definition) is 0. The van der Waals surface area contributed by atoms with Crippen LogP contribution in [0.1, 0.15) is 29.8 Å². The number of pyridine rings is 3. The Morgan fingerprint density at radius 3 is 2.78 bits per heavy atom.